The molecule has 0 heterocycles. The fraction of sp³-hybridized carbons (Fsp3) is 0.917. The van der Waals surface area contributed by atoms with Crippen LogP contribution in [0.5, 0.6) is 0 Å². The highest BCUT2D eigenvalue weighted by Crippen LogP contribution is 2.27. The standard InChI is InChI=1S/C24H49N3O4/c1-17(12-22(4,5)6)13-25-20(29)27(14-18(2)28)15-19(3)31-21(30)26-24(10,11)16-23(7,8)9/h17-19,28H,12-16H2,1-11H3,(H,25,29)(H,26,30). The second kappa shape index (κ2) is 11.9. The Morgan fingerprint density at radius 1 is 0.935 bits per heavy atom. The normalized spacial score (nSPS) is 15.6. The minimum Gasteiger partial charge on any atom is -0.445 e. The van der Waals surface area contributed by atoms with E-state index < -0.39 is 23.8 Å². The zero-order valence-electron chi connectivity index (χ0n) is 21.9. The van der Waals surface area contributed by atoms with Crippen LogP contribution in [-0.4, -0.2) is 59.5 Å². The van der Waals surface area contributed by atoms with E-state index in [-0.39, 0.29) is 30.0 Å². The van der Waals surface area contributed by atoms with Crippen LogP contribution in [0.15, 0.2) is 0 Å². The molecule has 3 N–H and O–H groups in total. The van der Waals surface area contributed by atoms with E-state index in [1.165, 1.54) is 4.90 Å². The fourth-order valence-corrected chi connectivity index (χ4v) is 4.26. The second-order valence-corrected chi connectivity index (χ2v) is 12.3. The number of hydrogen-bond donors (Lipinski definition) is 3. The van der Waals surface area contributed by atoms with Crippen molar-refractivity contribution in [2.45, 2.75) is 107 Å². The molecule has 31 heavy (non-hydrogen) atoms. The molecule has 0 fully saturated rings. The van der Waals surface area contributed by atoms with Gasteiger partial charge in [-0.3, -0.25) is 0 Å². The lowest BCUT2D eigenvalue weighted by molar-refractivity contribution is 0.0653. The highest BCUT2D eigenvalue weighted by Gasteiger charge is 2.29. The molecular formula is C24H49N3O4. The fourth-order valence-electron chi connectivity index (χ4n) is 4.26. The predicted molar refractivity (Wildman–Crippen MR) is 127 cm³/mol. The van der Waals surface area contributed by atoms with Gasteiger partial charge in [-0.25, -0.2) is 9.59 Å². The summed E-state index contributed by atoms with van der Waals surface area (Å²) in [6, 6.07) is -0.259. The topological polar surface area (TPSA) is 90.9 Å². The van der Waals surface area contributed by atoms with Gasteiger partial charge in [-0.1, -0.05) is 48.5 Å². The summed E-state index contributed by atoms with van der Waals surface area (Å²) >= 11 is 0. The SMILES string of the molecule is CC(O)CN(CC(C)OC(=O)NC(C)(C)CC(C)(C)C)C(=O)NCC(C)CC(C)(C)C. The molecule has 0 aromatic heterocycles. The quantitative estimate of drug-likeness (QED) is 0.453. The number of urea groups is 1. The number of nitrogens with zero attached hydrogens (tertiary/aromatic N) is 1. The average Bonchev–Trinajstić information content (AvgIpc) is 2.46. The van der Waals surface area contributed by atoms with Crippen LogP contribution in [0.2, 0.25) is 0 Å². The second-order valence-electron chi connectivity index (χ2n) is 12.3. The van der Waals surface area contributed by atoms with E-state index in [9.17, 15) is 14.7 Å². The number of carbonyl (C=O) groups is 2. The molecule has 0 rings (SSSR count). The van der Waals surface area contributed by atoms with Gasteiger partial charge in [0.2, 0.25) is 0 Å². The molecular weight excluding hydrogens is 394 g/mol. The van der Waals surface area contributed by atoms with Crippen LogP contribution in [0, 0.1) is 16.7 Å². The van der Waals surface area contributed by atoms with E-state index in [0.29, 0.717) is 12.5 Å². The van der Waals surface area contributed by atoms with Crippen molar-refractivity contribution in [3.05, 3.63) is 0 Å². The lowest BCUT2D eigenvalue weighted by atomic mass is 9.82. The van der Waals surface area contributed by atoms with E-state index in [2.05, 4.69) is 59.1 Å². The first kappa shape index (κ1) is 29.5. The average molecular weight is 444 g/mol. The summed E-state index contributed by atoms with van der Waals surface area (Å²) in [5.41, 5.74) is -0.145. The Kier molecular flexibility index (Phi) is 11.4. The van der Waals surface area contributed by atoms with Crippen molar-refractivity contribution in [2.75, 3.05) is 19.6 Å². The van der Waals surface area contributed by atoms with E-state index in [1.54, 1.807) is 13.8 Å². The van der Waals surface area contributed by atoms with Crippen molar-refractivity contribution in [3.8, 4) is 0 Å². The third kappa shape index (κ3) is 15.9. The van der Waals surface area contributed by atoms with Crippen LogP contribution in [0.4, 0.5) is 9.59 Å². The first-order valence-electron chi connectivity index (χ1n) is 11.5. The van der Waals surface area contributed by atoms with Crippen molar-refractivity contribution in [1.82, 2.24) is 15.5 Å². The number of ether oxygens (including phenoxy) is 1. The minimum absolute atomic E-state index is 0.0681. The maximum absolute atomic E-state index is 12.7. The summed E-state index contributed by atoms with van der Waals surface area (Å²) in [7, 11) is 0. The molecule has 0 radical (unpaired) electrons. The van der Waals surface area contributed by atoms with Crippen LogP contribution in [0.3, 0.4) is 0 Å². The van der Waals surface area contributed by atoms with Gasteiger partial charge in [0.25, 0.3) is 0 Å². The molecule has 0 spiro atoms. The van der Waals surface area contributed by atoms with Gasteiger partial charge in [-0.15, -0.1) is 0 Å². The Labute approximate surface area is 190 Å². The number of nitrogens with one attached hydrogen (secondary N) is 2. The summed E-state index contributed by atoms with van der Waals surface area (Å²) in [5, 5.41) is 15.7. The van der Waals surface area contributed by atoms with Crippen LogP contribution in [-0.2, 0) is 4.74 Å². The number of aliphatic hydroxyl groups is 1. The first-order chi connectivity index (χ1) is 13.8. The molecule has 184 valence electrons. The predicted octanol–water partition coefficient (Wildman–Crippen LogP) is 4.78. The molecule has 0 aliphatic heterocycles. The molecule has 0 aromatic carbocycles. The van der Waals surface area contributed by atoms with Gasteiger partial charge in [-0.2, -0.15) is 0 Å². The largest absolute Gasteiger partial charge is 0.445 e. The summed E-state index contributed by atoms with van der Waals surface area (Å²) in [6.07, 6.45) is 0.102. The summed E-state index contributed by atoms with van der Waals surface area (Å²) in [4.78, 5) is 26.6. The van der Waals surface area contributed by atoms with Crippen molar-refractivity contribution >= 4 is 12.1 Å². The number of aliphatic hydroxyl groups excluding tert-OH is 1. The van der Waals surface area contributed by atoms with Crippen LogP contribution >= 0.6 is 0 Å². The highest BCUT2D eigenvalue weighted by atomic mass is 16.6. The molecule has 3 atom stereocenters. The summed E-state index contributed by atoms with van der Waals surface area (Å²) in [6.45, 7) is 23.3. The number of carbonyl (C=O) groups excluding carboxylic acids is 2. The third-order valence-corrected chi connectivity index (χ3v) is 4.53. The molecule has 0 bridgehead atoms. The zero-order chi connectivity index (χ0) is 24.6. The Balaban J connectivity index is 4.81. The highest BCUT2D eigenvalue weighted by molar-refractivity contribution is 5.74. The van der Waals surface area contributed by atoms with Gasteiger partial charge >= 0.3 is 12.1 Å². The van der Waals surface area contributed by atoms with Crippen LogP contribution < -0.4 is 10.6 Å². The van der Waals surface area contributed by atoms with E-state index in [1.807, 2.05) is 13.8 Å². The number of alkyl carbamates (subject to hydrolysis) is 1. The van der Waals surface area contributed by atoms with Crippen molar-refractivity contribution < 1.29 is 19.4 Å². The van der Waals surface area contributed by atoms with Crippen LogP contribution in [0.1, 0.15) is 89.0 Å². The molecule has 0 aliphatic carbocycles. The van der Waals surface area contributed by atoms with Crippen molar-refractivity contribution in [1.29, 1.82) is 0 Å². The molecule has 0 saturated heterocycles. The molecule has 7 heteroatoms. The van der Waals surface area contributed by atoms with Crippen molar-refractivity contribution in [2.24, 2.45) is 16.7 Å². The van der Waals surface area contributed by atoms with Gasteiger partial charge in [0.05, 0.1) is 12.6 Å². The smallest absolute Gasteiger partial charge is 0.407 e. The number of rotatable bonds is 10. The summed E-state index contributed by atoms with van der Waals surface area (Å²) in [5.74, 6) is 0.335. The van der Waals surface area contributed by atoms with E-state index >= 15 is 0 Å². The number of amides is 3. The molecule has 0 aliphatic rings. The van der Waals surface area contributed by atoms with Crippen molar-refractivity contribution in [3.63, 3.8) is 0 Å². The lowest BCUT2D eigenvalue weighted by Gasteiger charge is -2.33. The molecule has 3 amide bonds. The summed E-state index contributed by atoms with van der Waals surface area (Å²) < 4.78 is 5.50. The van der Waals surface area contributed by atoms with Gasteiger partial charge < -0.3 is 25.4 Å². The Bertz CT molecular complexity index is 562. The minimum atomic E-state index is -0.676. The number of hydrogen-bond acceptors (Lipinski definition) is 4. The van der Waals surface area contributed by atoms with Gasteiger partial charge in [0.1, 0.15) is 6.10 Å². The Morgan fingerprint density at radius 2 is 1.48 bits per heavy atom. The van der Waals surface area contributed by atoms with E-state index in [4.69, 9.17) is 4.74 Å². The van der Waals surface area contributed by atoms with Gasteiger partial charge in [-0.05, 0) is 57.3 Å². The monoisotopic (exact) mass is 443 g/mol. The Morgan fingerprint density at radius 3 is 1.94 bits per heavy atom. The zero-order valence-corrected chi connectivity index (χ0v) is 21.9. The Hall–Kier alpha value is -1.50. The molecule has 7 nitrogen and oxygen atoms in total. The first-order valence-corrected chi connectivity index (χ1v) is 11.5. The maximum atomic E-state index is 12.7. The molecule has 3 unspecified atom stereocenters. The van der Waals surface area contributed by atoms with E-state index in [0.717, 1.165) is 12.8 Å². The van der Waals surface area contributed by atoms with Gasteiger partial charge in [0, 0.05) is 18.6 Å². The molecule has 0 aromatic rings. The maximum Gasteiger partial charge on any atom is 0.407 e. The third-order valence-electron chi connectivity index (χ3n) is 4.53. The van der Waals surface area contributed by atoms with Gasteiger partial charge in [0.15, 0.2) is 0 Å². The van der Waals surface area contributed by atoms with Crippen LogP contribution in [0.25, 0.3) is 0 Å². The lowest BCUT2D eigenvalue weighted by Crippen LogP contribution is -2.50. The molecule has 0 saturated carbocycles.